The number of aromatic nitrogens is 5. The molecule has 0 saturated carbocycles. The molecule has 1 fully saturated rings. The zero-order valence-electron chi connectivity index (χ0n) is 21.3. The van der Waals surface area contributed by atoms with E-state index in [4.69, 9.17) is 47.4 Å². The van der Waals surface area contributed by atoms with Crippen molar-refractivity contribution in [2.75, 3.05) is 13.2 Å². The first-order valence-corrected chi connectivity index (χ1v) is 12.6. The fourth-order valence-electron chi connectivity index (χ4n) is 3.70. The number of H-pyrrole nitrogens is 1. The van der Waals surface area contributed by atoms with Crippen LogP contribution >= 0.6 is 23.2 Å². The van der Waals surface area contributed by atoms with Crippen molar-refractivity contribution in [3.8, 4) is 23.4 Å². The number of ether oxygens (including phenoxy) is 4. The Labute approximate surface area is 235 Å². The van der Waals surface area contributed by atoms with Gasteiger partial charge in [0.15, 0.2) is 12.0 Å². The summed E-state index contributed by atoms with van der Waals surface area (Å²) in [5.41, 5.74) is -2.59. The number of carbonyl (C=O) groups is 1. The number of nitriles is 1. The molecule has 0 bridgehead atoms. The monoisotopic (exact) mass is 592 g/mol. The van der Waals surface area contributed by atoms with Crippen LogP contribution in [-0.4, -0.2) is 50.0 Å². The van der Waals surface area contributed by atoms with Gasteiger partial charge in [-0.15, -0.1) is 10.2 Å². The van der Waals surface area contributed by atoms with E-state index in [-0.39, 0.29) is 39.9 Å². The molecule has 0 aliphatic carbocycles. The zero-order chi connectivity index (χ0) is 29.1. The molecule has 4 rings (SSSR count). The predicted molar refractivity (Wildman–Crippen MR) is 139 cm³/mol. The van der Waals surface area contributed by atoms with Crippen LogP contribution in [0.5, 0.6) is 11.6 Å². The van der Waals surface area contributed by atoms with E-state index in [1.165, 1.54) is 25.1 Å². The van der Waals surface area contributed by atoms with E-state index in [9.17, 15) is 19.2 Å². The van der Waals surface area contributed by atoms with E-state index in [0.717, 1.165) is 9.36 Å². The molecule has 2 unspecified atom stereocenters. The van der Waals surface area contributed by atoms with Crippen LogP contribution < -0.4 is 21.5 Å². The molecule has 1 N–H and O–H groups in total. The molecule has 3 heterocycles. The Morgan fingerprint density at radius 1 is 1.18 bits per heavy atom. The summed E-state index contributed by atoms with van der Waals surface area (Å²) in [6.07, 6.45) is -2.05. The highest BCUT2D eigenvalue weighted by atomic mass is 35.5. The Balaban J connectivity index is 1.66. The average Bonchev–Trinajstić information content (AvgIpc) is 3.39. The molecule has 3 aromatic rings. The highest BCUT2D eigenvalue weighted by molar-refractivity contribution is 6.37. The van der Waals surface area contributed by atoms with Crippen LogP contribution in [0.25, 0.3) is 5.69 Å². The SMILES string of the molecule is CC(C)c1cc(Oc2c(Cl)cc(-n3nc(C#N)c(=O)[nH]c3=O)cc2Cl)nn(C(C)OC(=O)OC2CCOC2)c1=O. The lowest BCUT2D eigenvalue weighted by molar-refractivity contribution is -0.0246. The van der Waals surface area contributed by atoms with Crippen LogP contribution in [-0.2, 0) is 14.2 Å². The second-order valence-corrected chi connectivity index (χ2v) is 9.70. The maximum Gasteiger partial charge on any atom is 0.510 e. The lowest BCUT2D eigenvalue weighted by Gasteiger charge is -2.19. The van der Waals surface area contributed by atoms with Gasteiger partial charge in [-0.3, -0.25) is 14.6 Å². The summed E-state index contributed by atoms with van der Waals surface area (Å²) in [6, 6.07) is 5.52. The highest BCUT2D eigenvalue weighted by Gasteiger charge is 2.25. The van der Waals surface area contributed by atoms with E-state index in [1.807, 2.05) is 4.98 Å². The van der Waals surface area contributed by atoms with Crippen molar-refractivity contribution in [3.05, 3.63) is 70.7 Å². The summed E-state index contributed by atoms with van der Waals surface area (Å²) in [6.45, 7) is 5.73. The van der Waals surface area contributed by atoms with Gasteiger partial charge >= 0.3 is 11.8 Å². The Morgan fingerprint density at radius 3 is 2.48 bits per heavy atom. The summed E-state index contributed by atoms with van der Waals surface area (Å²) in [4.78, 5) is 51.2. The molecule has 14 nitrogen and oxygen atoms in total. The predicted octanol–water partition coefficient (Wildman–Crippen LogP) is 3.03. The van der Waals surface area contributed by atoms with Gasteiger partial charge in [0.25, 0.3) is 11.1 Å². The molecule has 210 valence electrons. The van der Waals surface area contributed by atoms with Crippen LogP contribution in [0.15, 0.2) is 32.6 Å². The van der Waals surface area contributed by atoms with E-state index in [0.29, 0.717) is 18.6 Å². The van der Waals surface area contributed by atoms with E-state index >= 15 is 0 Å². The molecular weight excluding hydrogens is 571 g/mol. The van der Waals surface area contributed by atoms with Crippen LogP contribution in [0.4, 0.5) is 4.79 Å². The van der Waals surface area contributed by atoms with Crippen molar-refractivity contribution in [2.24, 2.45) is 0 Å². The molecule has 16 heteroatoms. The smallest absolute Gasteiger partial charge is 0.434 e. The number of nitrogens with zero attached hydrogens (tertiary/aromatic N) is 5. The molecule has 1 saturated heterocycles. The van der Waals surface area contributed by atoms with Crippen molar-refractivity contribution in [2.45, 2.75) is 45.4 Å². The van der Waals surface area contributed by atoms with Gasteiger partial charge in [0, 0.05) is 18.1 Å². The number of carbonyl (C=O) groups excluding carboxylic acids is 1. The number of halogens is 2. The average molecular weight is 593 g/mol. The lowest BCUT2D eigenvalue weighted by Crippen LogP contribution is -2.33. The molecule has 2 atom stereocenters. The fraction of sp³-hybridized carbons (Fsp3) is 0.375. The Hall–Kier alpha value is -4.19. The van der Waals surface area contributed by atoms with Crippen molar-refractivity contribution in [1.29, 1.82) is 5.26 Å². The number of hydrogen-bond acceptors (Lipinski definition) is 11. The Kier molecular flexibility index (Phi) is 8.58. The highest BCUT2D eigenvalue weighted by Crippen LogP contribution is 2.38. The normalized spacial score (nSPS) is 15.5. The van der Waals surface area contributed by atoms with Crippen molar-refractivity contribution in [1.82, 2.24) is 24.5 Å². The zero-order valence-corrected chi connectivity index (χ0v) is 22.9. The number of aromatic amines is 1. The summed E-state index contributed by atoms with van der Waals surface area (Å²) >= 11 is 12.8. The Bertz CT molecular complexity index is 1650. The third kappa shape index (κ3) is 6.17. The van der Waals surface area contributed by atoms with Crippen molar-refractivity contribution in [3.63, 3.8) is 0 Å². The number of hydrogen-bond donors (Lipinski definition) is 1. The standard InChI is InChI=1S/C24H22Cl2N6O8/c1-11(2)15-8-19(30-31(22(15)34)12(3)38-24(36)39-14-4-5-37-10-14)40-20-16(25)6-13(7-17(20)26)32-23(35)28-21(33)18(9-27)29-32/h6-8,11-12,14H,4-5,10H2,1-3H3,(H,28,33,35). The van der Waals surface area contributed by atoms with Gasteiger partial charge in [-0.1, -0.05) is 37.0 Å². The first kappa shape index (κ1) is 28.8. The van der Waals surface area contributed by atoms with Gasteiger partial charge in [-0.05, 0) is 25.0 Å². The Morgan fingerprint density at radius 2 is 1.88 bits per heavy atom. The molecule has 0 amide bonds. The molecule has 0 radical (unpaired) electrons. The second-order valence-electron chi connectivity index (χ2n) is 8.89. The molecule has 1 aliphatic heterocycles. The van der Waals surface area contributed by atoms with Crippen molar-refractivity contribution < 1.29 is 23.7 Å². The third-order valence-corrected chi connectivity index (χ3v) is 6.25. The minimum absolute atomic E-state index is 0.0362. The molecule has 1 aromatic carbocycles. The number of nitrogens with one attached hydrogen (secondary N) is 1. The third-order valence-electron chi connectivity index (χ3n) is 5.69. The van der Waals surface area contributed by atoms with Crippen LogP contribution in [0.2, 0.25) is 10.0 Å². The maximum absolute atomic E-state index is 13.1. The molecular formula is C24H22Cl2N6O8. The maximum atomic E-state index is 13.1. The lowest BCUT2D eigenvalue weighted by atomic mass is 10.1. The van der Waals surface area contributed by atoms with E-state index in [1.54, 1.807) is 19.9 Å². The second kappa shape index (κ2) is 11.9. The molecule has 40 heavy (non-hydrogen) atoms. The summed E-state index contributed by atoms with van der Waals surface area (Å²) in [5.74, 6) is -0.439. The number of rotatable bonds is 7. The van der Waals surface area contributed by atoms with Crippen LogP contribution in [0.3, 0.4) is 0 Å². The molecule has 0 spiro atoms. The molecule has 1 aliphatic rings. The number of benzene rings is 1. The summed E-state index contributed by atoms with van der Waals surface area (Å²) in [7, 11) is 0. The largest absolute Gasteiger partial charge is 0.510 e. The minimum atomic E-state index is -1.16. The van der Waals surface area contributed by atoms with Crippen molar-refractivity contribution >= 4 is 29.4 Å². The van der Waals surface area contributed by atoms with Gasteiger partial charge in [0.2, 0.25) is 11.6 Å². The molecule has 2 aromatic heterocycles. The summed E-state index contributed by atoms with van der Waals surface area (Å²) < 4.78 is 23.1. The summed E-state index contributed by atoms with van der Waals surface area (Å²) in [5, 5.41) is 16.8. The van der Waals surface area contributed by atoms with Crippen LogP contribution in [0, 0.1) is 11.3 Å². The van der Waals surface area contributed by atoms with Gasteiger partial charge in [-0.25, -0.2) is 9.59 Å². The van der Waals surface area contributed by atoms with Gasteiger partial charge in [0.05, 0.1) is 28.9 Å². The fourth-order valence-corrected chi connectivity index (χ4v) is 4.25. The topological polar surface area (TPSA) is 180 Å². The van der Waals surface area contributed by atoms with E-state index in [2.05, 4.69) is 10.2 Å². The minimum Gasteiger partial charge on any atom is -0.434 e. The van der Waals surface area contributed by atoms with E-state index < -0.39 is 41.0 Å². The first-order chi connectivity index (χ1) is 19.0. The first-order valence-electron chi connectivity index (χ1n) is 11.9. The van der Waals surface area contributed by atoms with Gasteiger partial charge in [0.1, 0.15) is 12.2 Å². The van der Waals surface area contributed by atoms with Gasteiger partial charge < -0.3 is 18.9 Å². The van der Waals surface area contributed by atoms with Crippen LogP contribution in [0.1, 0.15) is 50.6 Å². The van der Waals surface area contributed by atoms with Gasteiger partial charge in [-0.2, -0.15) is 14.6 Å². The quantitative estimate of drug-likeness (QED) is 0.398.